The van der Waals surface area contributed by atoms with Gasteiger partial charge < -0.3 is 18.8 Å². The quantitative estimate of drug-likeness (QED) is 0.366. The third-order valence-electron chi connectivity index (χ3n) is 6.16. The van der Waals surface area contributed by atoms with E-state index >= 15 is 0 Å². The predicted molar refractivity (Wildman–Crippen MR) is 129 cm³/mol. The summed E-state index contributed by atoms with van der Waals surface area (Å²) in [6.45, 7) is 6.60. The van der Waals surface area contributed by atoms with Crippen molar-refractivity contribution in [1.29, 1.82) is 0 Å². The molecule has 0 N–H and O–H groups in total. The zero-order valence-corrected chi connectivity index (χ0v) is 20.3. The van der Waals surface area contributed by atoms with Gasteiger partial charge >= 0.3 is 5.97 Å². The van der Waals surface area contributed by atoms with E-state index in [0.717, 1.165) is 23.0 Å². The summed E-state index contributed by atoms with van der Waals surface area (Å²) in [6, 6.07) is 12.5. The molecule has 0 unspecified atom stereocenters. The van der Waals surface area contributed by atoms with Crippen LogP contribution in [-0.2, 0) is 14.3 Å². The van der Waals surface area contributed by atoms with Gasteiger partial charge in [0.05, 0.1) is 37.9 Å². The predicted octanol–water partition coefficient (Wildman–Crippen LogP) is 4.21. The molecule has 2 atom stereocenters. The van der Waals surface area contributed by atoms with E-state index in [4.69, 9.17) is 19.2 Å². The van der Waals surface area contributed by atoms with Gasteiger partial charge in [-0.15, -0.1) is 0 Å². The van der Waals surface area contributed by atoms with Gasteiger partial charge in [-0.2, -0.15) is 0 Å². The van der Waals surface area contributed by atoms with Crippen LogP contribution in [-0.4, -0.2) is 48.8 Å². The molecule has 0 fully saturated rings. The van der Waals surface area contributed by atoms with Crippen molar-refractivity contribution in [1.82, 2.24) is 9.55 Å². The summed E-state index contributed by atoms with van der Waals surface area (Å²) in [5.41, 5.74) is 2.33. The largest absolute Gasteiger partial charge is 0.493 e. The first kappa shape index (κ1) is 23.6. The zero-order valence-electron chi connectivity index (χ0n) is 20.3. The molecule has 0 bridgehead atoms. The minimum Gasteiger partial charge on any atom is -0.493 e. The first-order chi connectivity index (χ1) is 16.4. The Bertz CT molecular complexity index is 1200. The number of hydrogen-bond acceptors (Lipinski definition) is 6. The van der Waals surface area contributed by atoms with E-state index in [-0.39, 0.29) is 12.5 Å². The summed E-state index contributed by atoms with van der Waals surface area (Å²) >= 11 is 0. The first-order valence-electron chi connectivity index (χ1n) is 11.6. The normalized spacial score (nSPS) is 17.7. The van der Waals surface area contributed by atoms with Crippen LogP contribution in [0.1, 0.15) is 38.8 Å². The van der Waals surface area contributed by atoms with E-state index in [9.17, 15) is 9.59 Å². The lowest BCUT2D eigenvalue weighted by Crippen LogP contribution is -2.50. The number of anilines is 1. The van der Waals surface area contributed by atoms with Crippen molar-refractivity contribution in [3.63, 3.8) is 0 Å². The second-order valence-electron chi connectivity index (χ2n) is 8.73. The highest BCUT2D eigenvalue weighted by Crippen LogP contribution is 2.43. The van der Waals surface area contributed by atoms with Crippen molar-refractivity contribution in [2.75, 3.05) is 32.3 Å². The summed E-state index contributed by atoms with van der Waals surface area (Å²) < 4.78 is 18.3. The summed E-state index contributed by atoms with van der Waals surface area (Å²) in [5.74, 6) is 0.0864. The van der Waals surface area contributed by atoms with Crippen LogP contribution >= 0.6 is 0 Å². The average Bonchev–Trinajstić information content (AvgIpc) is 3.21. The number of hydrogen-bond donors (Lipinski definition) is 0. The number of nitrogens with zero attached hydrogens (tertiary/aromatic N) is 3. The Hall–Kier alpha value is -3.55. The number of carbonyl (C=O) groups excluding carboxylic acids is 2. The number of imidazole rings is 1. The van der Waals surface area contributed by atoms with Crippen LogP contribution in [0, 0.1) is 11.8 Å². The van der Waals surface area contributed by atoms with Crippen molar-refractivity contribution in [2.24, 2.45) is 11.8 Å². The number of rotatable bonds is 8. The summed E-state index contributed by atoms with van der Waals surface area (Å²) in [4.78, 5) is 33.6. The Morgan fingerprint density at radius 1 is 1.09 bits per heavy atom. The Kier molecular flexibility index (Phi) is 6.77. The Balaban J connectivity index is 1.97. The van der Waals surface area contributed by atoms with Crippen molar-refractivity contribution < 1.29 is 23.8 Å². The average molecular weight is 466 g/mol. The van der Waals surface area contributed by atoms with Crippen LogP contribution in [0.25, 0.3) is 11.0 Å². The lowest BCUT2D eigenvalue weighted by Gasteiger charge is -2.38. The minimum absolute atomic E-state index is 0.185. The maximum absolute atomic E-state index is 13.9. The number of esters is 1. The fourth-order valence-corrected chi connectivity index (χ4v) is 4.48. The maximum Gasteiger partial charge on any atom is 0.321 e. The fourth-order valence-electron chi connectivity index (χ4n) is 4.48. The number of ether oxygens (including phenoxy) is 3. The molecule has 8 heteroatoms. The molecular formula is C26H31N3O5. The van der Waals surface area contributed by atoms with Gasteiger partial charge in [0.1, 0.15) is 0 Å². The van der Waals surface area contributed by atoms with E-state index in [2.05, 4.69) is 13.8 Å². The van der Waals surface area contributed by atoms with Gasteiger partial charge in [-0.3, -0.25) is 14.5 Å². The van der Waals surface area contributed by atoms with E-state index in [1.807, 2.05) is 41.0 Å². The second-order valence-corrected chi connectivity index (χ2v) is 8.73. The Labute approximate surface area is 199 Å². The standard InChI is InChI=1S/C26H31N3O5/c1-6-34-25(31)22-23(17-11-12-20(32-4)21(15-17)33-5)29-19-10-8-7-9-18(19)27-26(29)28(24(22)30)14-13-16(2)3/h7-12,15-16,22-23H,6,13-14H2,1-5H3/t22-,23+/m0/s1. The molecule has 4 rings (SSSR count). The molecule has 2 aromatic carbocycles. The molecule has 34 heavy (non-hydrogen) atoms. The molecule has 0 saturated heterocycles. The minimum atomic E-state index is -1.06. The van der Waals surface area contributed by atoms with Gasteiger partial charge in [0.25, 0.3) is 0 Å². The van der Waals surface area contributed by atoms with Crippen LogP contribution in [0.5, 0.6) is 11.5 Å². The van der Waals surface area contributed by atoms with Gasteiger partial charge in [-0.25, -0.2) is 4.98 Å². The summed E-state index contributed by atoms with van der Waals surface area (Å²) in [6.07, 6.45) is 0.783. The number of para-hydroxylation sites is 2. The zero-order chi connectivity index (χ0) is 24.4. The smallest absolute Gasteiger partial charge is 0.321 e. The Morgan fingerprint density at radius 2 is 1.82 bits per heavy atom. The molecule has 180 valence electrons. The fraction of sp³-hybridized carbons (Fsp3) is 0.423. The molecule has 3 aromatic rings. The topological polar surface area (TPSA) is 82.9 Å². The number of aromatic nitrogens is 2. The molecule has 1 aliphatic rings. The van der Waals surface area contributed by atoms with Crippen LogP contribution < -0.4 is 14.4 Å². The number of fused-ring (bicyclic) bond motifs is 3. The lowest BCUT2D eigenvalue weighted by molar-refractivity contribution is -0.153. The molecule has 2 heterocycles. The van der Waals surface area contributed by atoms with Crippen molar-refractivity contribution in [3.8, 4) is 11.5 Å². The molecule has 0 aliphatic carbocycles. The third kappa shape index (κ3) is 4.08. The van der Waals surface area contributed by atoms with E-state index in [0.29, 0.717) is 29.9 Å². The van der Waals surface area contributed by atoms with Crippen LogP contribution in [0.3, 0.4) is 0 Å². The highest BCUT2D eigenvalue weighted by molar-refractivity contribution is 6.08. The maximum atomic E-state index is 13.9. The molecule has 0 spiro atoms. The molecule has 0 radical (unpaired) electrons. The molecule has 8 nitrogen and oxygen atoms in total. The number of amides is 1. The lowest BCUT2D eigenvalue weighted by atomic mass is 9.89. The highest BCUT2D eigenvalue weighted by atomic mass is 16.5. The van der Waals surface area contributed by atoms with E-state index in [1.165, 1.54) is 0 Å². The molecule has 1 aromatic heterocycles. The molecular weight excluding hydrogens is 434 g/mol. The van der Waals surface area contributed by atoms with Gasteiger partial charge in [0.2, 0.25) is 11.9 Å². The van der Waals surface area contributed by atoms with Crippen LogP contribution in [0.2, 0.25) is 0 Å². The number of benzene rings is 2. The third-order valence-corrected chi connectivity index (χ3v) is 6.16. The van der Waals surface area contributed by atoms with E-state index < -0.39 is 17.9 Å². The molecule has 1 aliphatic heterocycles. The SMILES string of the molecule is CCOC(=O)[C@@H]1C(=O)N(CCC(C)C)c2nc3ccccc3n2[C@@H]1c1ccc(OC)c(OC)c1. The van der Waals surface area contributed by atoms with Gasteiger partial charge in [-0.05, 0) is 49.1 Å². The van der Waals surface area contributed by atoms with Crippen molar-refractivity contribution >= 4 is 28.9 Å². The summed E-state index contributed by atoms with van der Waals surface area (Å²) in [7, 11) is 3.12. The molecule has 1 amide bonds. The van der Waals surface area contributed by atoms with Crippen molar-refractivity contribution in [2.45, 2.75) is 33.2 Å². The number of carbonyl (C=O) groups is 2. The Morgan fingerprint density at radius 3 is 2.50 bits per heavy atom. The van der Waals surface area contributed by atoms with Crippen LogP contribution in [0.4, 0.5) is 5.95 Å². The monoisotopic (exact) mass is 465 g/mol. The highest BCUT2D eigenvalue weighted by Gasteiger charge is 2.48. The first-order valence-corrected chi connectivity index (χ1v) is 11.6. The molecule has 0 saturated carbocycles. The van der Waals surface area contributed by atoms with Crippen molar-refractivity contribution in [3.05, 3.63) is 48.0 Å². The van der Waals surface area contributed by atoms with E-state index in [1.54, 1.807) is 32.1 Å². The second kappa shape index (κ2) is 9.75. The van der Waals surface area contributed by atoms with Gasteiger partial charge in [0.15, 0.2) is 17.4 Å². The summed E-state index contributed by atoms with van der Waals surface area (Å²) in [5, 5.41) is 0. The number of methoxy groups -OCH3 is 2. The van der Waals surface area contributed by atoms with Gasteiger partial charge in [0, 0.05) is 6.54 Å². The van der Waals surface area contributed by atoms with Gasteiger partial charge in [-0.1, -0.05) is 32.0 Å². The van der Waals surface area contributed by atoms with Crippen LogP contribution in [0.15, 0.2) is 42.5 Å².